The van der Waals surface area contributed by atoms with Crippen molar-refractivity contribution in [3.05, 3.63) is 12.0 Å². The van der Waals surface area contributed by atoms with Gasteiger partial charge in [-0.1, -0.05) is 0 Å². The largest absolute Gasteiger partial charge is 0.332 e. The monoisotopic (exact) mass is 298 g/mol. The van der Waals surface area contributed by atoms with Crippen molar-refractivity contribution in [2.24, 2.45) is 5.92 Å². The molecule has 0 unspecified atom stereocenters. The third kappa shape index (κ3) is 3.05. The van der Waals surface area contributed by atoms with Crippen LogP contribution < -0.4 is 5.32 Å². The summed E-state index contributed by atoms with van der Waals surface area (Å²) in [7, 11) is -3.40. The minimum atomic E-state index is -3.40. The highest BCUT2D eigenvalue weighted by Crippen LogP contribution is 2.28. The number of H-pyrrole nitrogens is 1. The number of hydrogen-bond acceptors (Lipinski definition) is 4. The Hall–Kier alpha value is -0.920. The summed E-state index contributed by atoms with van der Waals surface area (Å²) in [5.74, 6) is 1.49. The Bertz CT molecular complexity index is 557. The van der Waals surface area contributed by atoms with Gasteiger partial charge in [0.15, 0.2) is 5.03 Å². The predicted octanol–water partition coefficient (Wildman–Crippen LogP) is 0.871. The number of sulfonamides is 1. The molecule has 6 nitrogen and oxygen atoms in total. The molecule has 2 fully saturated rings. The highest BCUT2D eigenvalue weighted by molar-refractivity contribution is 7.89. The summed E-state index contributed by atoms with van der Waals surface area (Å²) in [4.78, 5) is 6.79. The normalized spacial score (nSPS) is 22.2. The summed E-state index contributed by atoms with van der Waals surface area (Å²) >= 11 is 0. The van der Waals surface area contributed by atoms with Crippen LogP contribution in [0.5, 0.6) is 0 Å². The fourth-order valence-electron chi connectivity index (χ4n) is 2.62. The molecule has 112 valence electrons. The molecule has 1 saturated carbocycles. The minimum Gasteiger partial charge on any atom is -0.332 e. The molecular weight excluding hydrogens is 276 g/mol. The lowest BCUT2D eigenvalue weighted by Gasteiger charge is -2.31. The van der Waals surface area contributed by atoms with Crippen molar-refractivity contribution >= 4 is 10.0 Å². The second kappa shape index (κ2) is 5.46. The summed E-state index contributed by atoms with van der Waals surface area (Å²) < 4.78 is 26.4. The Morgan fingerprint density at radius 3 is 2.60 bits per heavy atom. The number of aromatic amines is 1. The van der Waals surface area contributed by atoms with Gasteiger partial charge in [0, 0.05) is 19.1 Å². The van der Waals surface area contributed by atoms with Crippen molar-refractivity contribution in [3.8, 4) is 0 Å². The highest BCUT2D eigenvalue weighted by Gasteiger charge is 2.31. The van der Waals surface area contributed by atoms with Crippen molar-refractivity contribution in [2.45, 2.75) is 43.7 Å². The minimum absolute atomic E-state index is 0.208. The smallest absolute Gasteiger partial charge is 0.260 e. The molecule has 7 heteroatoms. The number of nitrogens with one attached hydrogen (secondary N) is 2. The molecule has 0 aromatic carbocycles. The third-order valence-corrected chi connectivity index (χ3v) is 5.95. The van der Waals surface area contributed by atoms with E-state index in [4.69, 9.17) is 0 Å². The number of piperidine rings is 1. The SMILES string of the molecule is Cc1ncc(S(=O)(=O)N2CCC(NCC3CC3)CC2)[nH]1. The first-order chi connectivity index (χ1) is 9.55. The number of hydrogen-bond donors (Lipinski definition) is 2. The maximum atomic E-state index is 12.4. The van der Waals surface area contributed by atoms with Crippen LogP contribution in [-0.2, 0) is 10.0 Å². The molecule has 0 amide bonds. The van der Waals surface area contributed by atoms with Crippen molar-refractivity contribution in [1.29, 1.82) is 0 Å². The second-order valence-electron chi connectivity index (χ2n) is 5.86. The van der Waals surface area contributed by atoms with Gasteiger partial charge in [-0.25, -0.2) is 13.4 Å². The standard InChI is InChI=1S/C13H22N4O2S/c1-10-14-9-13(16-10)20(18,19)17-6-4-12(5-7-17)15-8-11-2-3-11/h9,11-12,15H,2-8H2,1H3,(H,14,16). The molecule has 2 heterocycles. The average molecular weight is 298 g/mol. The number of aromatic nitrogens is 2. The summed E-state index contributed by atoms with van der Waals surface area (Å²) in [6.07, 6.45) is 5.87. The van der Waals surface area contributed by atoms with E-state index in [1.807, 2.05) is 0 Å². The first-order valence-electron chi connectivity index (χ1n) is 7.31. The van der Waals surface area contributed by atoms with Crippen LogP contribution in [0, 0.1) is 12.8 Å². The van der Waals surface area contributed by atoms with Gasteiger partial charge in [-0.2, -0.15) is 4.31 Å². The van der Waals surface area contributed by atoms with E-state index in [0.717, 1.165) is 25.3 Å². The lowest BCUT2D eigenvalue weighted by molar-refractivity contribution is 0.287. The molecular formula is C13H22N4O2S. The summed E-state index contributed by atoms with van der Waals surface area (Å²) in [6, 6.07) is 0.463. The molecule has 0 atom stereocenters. The highest BCUT2D eigenvalue weighted by atomic mass is 32.2. The topological polar surface area (TPSA) is 78.1 Å². The quantitative estimate of drug-likeness (QED) is 0.845. The number of imidazole rings is 1. The zero-order valence-electron chi connectivity index (χ0n) is 11.8. The van der Waals surface area contributed by atoms with Gasteiger partial charge < -0.3 is 10.3 Å². The van der Waals surface area contributed by atoms with Gasteiger partial charge in [-0.3, -0.25) is 0 Å². The van der Waals surface area contributed by atoms with E-state index >= 15 is 0 Å². The summed E-state index contributed by atoms with van der Waals surface area (Å²) in [5, 5.41) is 3.77. The molecule has 1 aromatic heterocycles. The van der Waals surface area contributed by atoms with Gasteiger partial charge in [-0.05, 0) is 45.1 Å². The van der Waals surface area contributed by atoms with Crippen LogP contribution >= 0.6 is 0 Å². The molecule has 0 bridgehead atoms. The van der Waals surface area contributed by atoms with Crippen molar-refractivity contribution in [3.63, 3.8) is 0 Å². The lowest BCUT2D eigenvalue weighted by Crippen LogP contribution is -2.45. The van der Waals surface area contributed by atoms with E-state index < -0.39 is 10.0 Å². The van der Waals surface area contributed by atoms with E-state index in [1.165, 1.54) is 19.0 Å². The molecule has 2 aliphatic rings. The Kier molecular flexibility index (Phi) is 3.83. The van der Waals surface area contributed by atoms with Gasteiger partial charge in [0.1, 0.15) is 5.82 Å². The fourth-order valence-corrected chi connectivity index (χ4v) is 4.06. The molecule has 0 radical (unpaired) electrons. The van der Waals surface area contributed by atoms with Gasteiger partial charge in [0.05, 0.1) is 6.20 Å². The maximum absolute atomic E-state index is 12.4. The number of rotatable bonds is 5. The molecule has 1 saturated heterocycles. The maximum Gasteiger partial charge on any atom is 0.260 e. The van der Waals surface area contributed by atoms with E-state index in [1.54, 1.807) is 11.2 Å². The molecule has 1 aliphatic carbocycles. The Morgan fingerprint density at radius 2 is 2.05 bits per heavy atom. The molecule has 0 spiro atoms. The van der Waals surface area contributed by atoms with Gasteiger partial charge in [0.2, 0.25) is 0 Å². The average Bonchev–Trinajstić information content (AvgIpc) is 3.17. The molecule has 1 aromatic rings. The van der Waals surface area contributed by atoms with Gasteiger partial charge in [-0.15, -0.1) is 0 Å². The first kappa shape index (κ1) is 14.0. The van der Waals surface area contributed by atoms with E-state index in [-0.39, 0.29) is 5.03 Å². The van der Waals surface area contributed by atoms with E-state index in [9.17, 15) is 8.42 Å². The fraction of sp³-hybridized carbons (Fsp3) is 0.769. The lowest BCUT2D eigenvalue weighted by atomic mass is 10.1. The third-order valence-electron chi connectivity index (χ3n) is 4.14. The molecule has 2 N–H and O–H groups in total. The molecule has 1 aliphatic heterocycles. The van der Waals surface area contributed by atoms with E-state index in [0.29, 0.717) is 25.0 Å². The Morgan fingerprint density at radius 1 is 1.35 bits per heavy atom. The van der Waals surface area contributed by atoms with E-state index in [2.05, 4.69) is 15.3 Å². The van der Waals surface area contributed by atoms with Crippen molar-refractivity contribution in [2.75, 3.05) is 19.6 Å². The zero-order chi connectivity index (χ0) is 14.2. The predicted molar refractivity (Wildman–Crippen MR) is 75.8 cm³/mol. The van der Waals surface area contributed by atoms with Crippen LogP contribution in [0.25, 0.3) is 0 Å². The first-order valence-corrected chi connectivity index (χ1v) is 8.75. The van der Waals surface area contributed by atoms with Crippen molar-refractivity contribution < 1.29 is 8.42 Å². The summed E-state index contributed by atoms with van der Waals surface area (Å²) in [5.41, 5.74) is 0. The summed E-state index contributed by atoms with van der Waals surface area (Å²) in [6.45, 7) is 4.02. The van der Waals surface area contributed by atoms with Crippen molar-refractivity contribution in [1.82, 2.24) is 19.6 Å². The Labute approximate surface area is 120 Å². The Balaban J connectivity index is 1.56. The second-order valence-corrected chi connectivity index (χ2v) is 7.77. The molecule has 3 rings (SSSR count). The number of nitrogens with zero attached hydrogens (tertiary/aromatic N) is 2. The number of aryl methyl sites for hydroxylation is 1. The van der Waals surface area contributed by atoms with Crippen LogP contribution in [0.1, 0.15) is 31.5 Å². The van der Waals surface area contributed by atoms with Crippen LogP contribution in [0.4, 0.5) is 0 Å². The molecule has 20 heavy (non-hydrogen) atoms. The van der Waals surface area contributed by atoms with Crippen LogP contribution in [-0.4, -0.2) is 48.4 Å². The van der Waals surface area contributed by atoms with Gasteiger partial charge >= 0.3 is 0 Å². The van der Waals surface area contributed by atoms with Crippen LogP contribution in [0.2, 0.25) is 0 Å². The van der Waals surface area contributed by atoms with Crippen LogP contribution in [0.15, 0.2) is 11.2 Å². The van der Waals surface area contributed by atoms with Crippen LogP contribution in [0.3, 0.4) is 0 Å². The zero-order valence-corrected chi connectivity index (χ0v) is 12.6. The van der Waals surface area contributed by atoms with Gasteiger partial charge in [0.25, 0.3) is 10.0 Å².